The lowest BCUT2D eigenvalue weighted by Crippen LogP contribution is -2.57. The number of hydrogen-bond acceptors (Lipinski definition) is 6. The third-order valence-electron chi connectivity index (χ3n) is 10.1. The highest BCUT2D eigenvalue weighted by Crippen LogP contribution is 2.31. The molecule has 2 aromatic rings. The molecule has 4 fully saturated rings. The van der Waals surface area contributed by atoms with Gasteiger partial charge in [0.15, 0.2) is 0 Å². The largest absolute Gasteiger partial charge is 0.397 e. The van der Waals surface area contributed by atoms with Gasteiger partial charge in [-0.2, -0.15) is 0 Å². The second kappa shape index (κ2) is 14.9. The first-order chi connectivity index (χ1) is 22.7. The minimum Gasteiger partial charge on any atom is -0.397 e. The Morgan fingerprint density at radius 2 is 1.45 bits per heavy atom. The Morgan fingerprint density at radius 3 is 2.09 bits per heavy atom. The fourth-order valence-electron chi connectivity index (χ4n) is 7.42. The van der Waals surface area contributed by atoms with E-state index in [2.05, 4.69) is 47.4 Å². The first-order valence-corrected chi connectivity index (χ1v) is 18.3. The van der Waals surface area contributed by atoms with Crippen LogP contribution in [-0.4, -0.2) is 101 Å². The number of nitrogens with two attached hydrogens (primary N) is 1. The monoisotopic (exact) mass is 771 g/mol. The quantitative estimate of drug-likeness (QED) is 0.278. The van der Waals surface area contributed by atoms with E-state index in [0.717, 1.165) is 46.0 Å². The lowest BCUT2D eigenvalue weighted by atomic mass is 9.98. The summed E-state index contributed by atoms with van der Waals surface area (Å²) in [5.74, 6) is -0.347. The summed E-state index contributed by atoms with van der Waals surface area (Å²) in [7, 11) is 0. The number of halogens is 2. The highest BCUT2D eigenvalue weighted by Gasteiger charge is 2.44. The van der Waals surface area contributed by atoms with Crippen molar-refractivity contribution in [1.29, 1.82) is 0 Å². The van der Waals surface area contributed by atoms with Crippen molar-refractivity contribution in [2.45, 2.75) is 75.5 Å². The number of rotatable bonds is 7. The number of carbonyl (C=O) groups excluding carboxylic acids is 4. The molecule has 11 nitrogen and oxygen atoms in total. The van der Waals surface area contributed by atoms with Gasteiger partial charge >= 0.3 is 12.1 Å². The summed E-state index contributed by atoms with van der Waals surface area (Å²) >= 11 is 7.02. The highest BCUT2D eigenvalue weighted by atomic mass is 79.9. The van der Waals surface area contributed by atoms with Gasteiger partial charge in [0, 0.05) is 53.6 Å². The van der Waals surface area contributed by atoms with E-state index in [-0.39, 0.29) is 23.9 Å². The van der Waals surface area contributed by atoms with Crippen molar-refractivity contribution in [1.82, 2.24) is 30.2 Å². The zero-order valence-corrected chi connectivity index (χ0v) is 29.7. The Morgan fingerprint density at radius 1 is 0.851 bits per heavy atom. The van der Waals surface area contributed by atoms with Crippen molar-refractivity contribution >= 4 is 61.4 Å². The average molecular weight is 774 g/mol. The molecule has 0 aromatic heterocycles. The van der Waals surface area contributed by atoms with Crippen LogP contribution in [0.1, 0.15) is 62.1 Å². The molecule has 4 aliphatic heterocycles. The maximum absolute atomic E-state index is 14.0. The van der Waals surface area contributed by atoms with E-state index in [1.807, 2.05) is 47.4 Å². The average Bonchev–Trinajstić information content (AvgIpc) is 3.40. The molecule has 0 spiro atoms. The highest BCUT2D eigenvalue weighted by molar-refractivity contribution is 9.11. The summed E-state index contributed by atoms with van der Waals surface area (Å²) in [6.45, 7) is 4.35. The number of anilines is 1. The zero-order valence-electron chi connectivity index (χ0n) is 26.5. The van der Waals surface area contributed by atoms with E-state index in [4.69, 9.17) is 5.73 Å². The van der Waals surface area contributed by atoms with Gasteiger partial charge in [0.25, 0.3) is 5.91 Å². The van der Waals surface area contributed by atoms with E-state index in [1.54, 1.807) is 4.90 Å². The number of carbonyl (C=O) groups is 4. The molecule has 4 saturated heterocycles. The van der Waals surface area contributed by atoms with Crippen molar-refractivity contribution in [3.63, 3.8) is 0 Å². The molecule has 2 atom stereocenters. The first kappa shape index (κ1) is 33.7. The summed E-state index contributed by atoms with van der Waals surface area (Å²) in [4.78, 5) is 61.3. The molecule has 6 rings (SSSR count). The van der Waals surface area contributed by atoms with Gasteiger partial charge in [0.05, 0.1) is 5.69 Å². The predicted octanol–water partition coefficient (Wildman–Crippen LogP) is 4.65. The number of urea groups is 2. The molecule has 47 heavy (non-hydrogen) atoms. The summed E-state index contributed by atoms with van der Waals surface area (Å²) in [5.41, 5.74) is 8.31. The smallest absolute Gasteiger partial charge is 0.325 e. The van der Waals surface area contributed by atoms with Crippen LogP contribution in [0, 0.1) is 0 Å². The van der Waals surface area contributed by atoms with Crippen molar-refractivity contribution in [3.8, 4) is 0 Å². The Balaban J connectivity index is 1.09. The van der Waals surface area contributed by atoms with E-state index >= 15 is 0 Å². The molecule has 252 valence electrons. The number of nitrogens with zero attached hydrogens (tertiary/aromatic N) is 4. The third kappa shape index (κ3) is 7.62. The van der Waals surface area contributed by atoms with Crippen LogP contribution in [0.5, 0.6) is 0 Å². The van der Waals surface area contributed by atoms with Crippen LogP contribution in [0.15, 0.2) is 51.4 Å². The van der Waals surface area contributed by atoms with Gasteiger partial charge in [0.2, 0.25) is 5.91 Å². The number of imide groups is 1. The lowest BCUT2D eigenvalue weighted by molar-refractivity contribution is -0.135. The van der Waals surface area contributed by atoms with Crippen molar-refractivity contribution in [3.05, 3.63) is 62.5 Å². The molecule has 0 aliphatic carbocycles. The maximum Gasteiger partial charge on any atom is 0.325 e. The fraction of sp³-hybridized carbons (Fsp3) is 0.529. The molecule has 0 bridgehead atoms. The topological polar surface area (TPSA) is 131 Å². The molecule has 0 radical (unpaired) electrons. The van der Waals surface area contributed by atoms with Gasteiger partial charge in [-0.15, -0.1) is 0 Å². The molecule has 1 unspecified atom stereocenters. The second-order valence-corrected chi connectivity index (χ2v) is 14.8. The summed E-state index contributed by atoms with van der Waals surface area (Å²) in [6.07, 6.45) is 6.90. The van der Waals surface area contributed by atoms with Crippen LogP contribution in [0.4, 0.5) is 15.3 Å². The lowest BCUT2D eigenvalue weighted by Gasteiger charge is -2.41. The first-order valence-electron chi connectivity index (χ1n) is 16.7. The van der Waals surface area contributed by atoms with E-state index < -0.39 is 18.1 Å². The van der Waals surface area contributed by atoms with Crippen molar-refractivity contribution < 1.29 is 19.2 Å². The number of benzene rings is 2. The van der Waals surface area contributed by atoms with Gasteiger partial charge in [-0.3, -0.25) is 14.5 Å². The van der Waals surface area contributed by atoms with Crippen LogP contribution in [0.2, 0.25) is 0 Å². The third-order valence-corrected chi connectivity index (χ3v) is 11.4. The van der Waals surface area contributed by atoms with Gasteiger partial charge in [0.1, 0.15) is 12.1 Å². The predicted molar refractivity (Wildman–Crippen MR) is 186 cm³/mol. The van der Waals surface area contributed by atoms with Crippen LogP contribution < -0.4 is 16.4 Å². The molecule has 4 heterocycles. The number of hydrogen-bond donors (Lipinski definition) is 3. The summed E-state index contributed by atoms with van der Waals surface area (Å²) in [6, 6.07) is 11.0. The van der Waals surface area contributed by atoms with Crippen LogP contribution >= 0.6 is 31.9 Å². The molecule has 2 aromatic carbocycles. The number of nitrogen functional groups attached to an aromatic ring is 1. The normalized spacial score (nSPS) is 22.3. The van der Waals surface area contributed by atoms with Crippen LogP contribution in [-0.2, 0) is 16.0 Å². The van der Waals surface area contributed by atoms with Gasteiger partial charge in [-0.1, -0.05) is 36.8 Å². The number of nitrogens with one attached hydrogen (secondary N) is 2. The Kier molecular flexibility index (Phi) is 10.7. The molecule has 6 amide bonds. The number of likely N-dealkylation sites (tertiary alicyclic amines) is 3. The Labute approximate surface area is 292 Å². The second-order valence-electron chi connectivity index (χ2n) is 13.1. The minimum absolute atomic E-state index is 0.0827. The SMILES string of the molecule is Nc1c(Br)cc(C[C@H](NC(=O)N2CCC(N3C(=O)NC(c4ccccc4)C3=O)CC2)C(=O)N2CCC(N3CCCCC3)CC2)cc1Br. The standard InChI is InChI=1S/C34H43Br2N7O4/c35-26-19-22(20-27(36)29(26)37)21-28(31(44)41-15-9-24(10-16-41)40-13-5-2-6-14-40)38-33(46)42-17-11-25(12-18-42)43-32(45)30(39-34(43)47)23-7-3-1-4-8-23/h1,3-4,7-8,19-20,24-25,28,30H,2,5-6,9-18,21,37H2,(H,38,46)(H,39,47)/t28-,30?/m0/s1. The van der Waals surface area contributed by atoms with Crippen LogP contribution in [0.3, 0.4) is 0 Å². The van der Waals surface area contributed by atoms with Crippen LogP contribution in [0.25, 0.3) is 0 Å². The van der Waals surface area contributed by atoms with Gasteiger partial charge in [-0.25, -0.2) is 9.59 Å². The van der Waals surface area contributed by atoms with E-state index in [1.165, 1.54) is 24.2 Å². The Hall–Kier alpha value is -3.16. The molecule has 13 heteroatoms. The fourth-order valence-corrected chi connectivity index (χ4v) is 8.71. The van der Waals surface area contributed by atoms with Gasteiger partial charge < -0.3 is 31.1 Å². The van der Waals surface area contributed by atoms with E-state index in [0.29, 0.717) is 57.2 Å². The summed E-state index contributed by atoms with van der Waals surface area (Å²) < 4.78 is 1.44. The number of amides is 6. The molecular weight excluding hydrogens is 730 g/mol. The summed E-state index contributed by atoms with van der Waals surface area (Å²) in [5, 5.41) is 5.87. The maximum atomic E-state index is 14.0. The number of piperidine rings is 3. The minimum atomic E-state index is -0.758. The van der Waals surface area contributed by atoms with E-state index in [9.17, 15) is 19.2 Å². The molecular formula is C34H43Br2N7O4. The molecule has 0 saturated carbocycles. The van der Waals surface area contributed by atoms with Crippen molar-refractivity contribution in [2.24, 2.45) is 0 Å². The molecule has 4 aliphatic rings. The van der Waals surface area contributed by atoms with Crippen molar-refractivity contribution in [2.75, 3.05) is 45.0 Å². The van der Waals surface area contributed by atoms with Gasteiger partial charge in [-0.05, 0) is 107 Å². The molecule has 4 N–H and O–H groups in total. The zero-order chi connectivity index (χ0) is 33.1. The Bertz CT molecular complexity index is 1450.